The van der Waals surface area contributed by atoms with E-state index in [9.17, 15) is 4.79 Å². The lowest BCUT2D eigenvalue weighted by Crippen LogP contribution is -2.51. The van der Waals surface area contributed by atoms with Crippen molar-refractivity contribution in [3.63, 3.8) is 0 Å². The third-order valence-electron chi connectivity index (χ3n) is 3.56. The van der Waals surface area contributed by atoms with Gasteiger partial charge in [-0.25, -0.2) is 4.79 Å². The highest BCUT2D eigenvalue weighted by molar-refractivity contribution is 5.74. The lowest BCUT2D eigenvalue weighted by atomic mass is 10.0. The first kappa shape index (κ1) is 14.3. The Balaban J connectivity index is 2.77. The van der Waals surface area contributed by atoms with Crippen LogP contribution in [-0.2, 0) is 0 Å². The first-order chi connectivity index (χ1) is 8.11. The van der Waals surface area contributed by atoms with E-state index in [1.807, 2.05) is 18.7 Å². The van der Waals surface area contributed by atoms with Crippen molar-refractivity contribution in [1.29, 1.82) is 0 Å². The maximum Gasteiger partial charge on any atom is 0.320 e. The summed E-state index contributed by atoms with van der Waals surface area (Å²) in [6.45, 7) is 12.9. The predicted octanol–water partition coefficient (Wildman–Crippen LogP) is 1.77. The Hall–Kier alpha value is -0.770. The highest BCUT2D eigenvalue weighted by Crippen LogP contribution is 2.15. The molecule has 17 heavy (non-hydrogen) atoms. The van der Waals surface area contributed by atoms with Gasteiger partial charge in [-0.15, -0.1) is 0 Å². The van der Waals surface area contributed by atoms with Crippen LogP contribution in [0.15, 0.2) is 0 Å². The van der Waals surface area contributed by atoms with E-state index in [1.54, 1.807) is 0 Å². The van der Waals surface area contributed by atoms with Crippen LogP contribution in [0.3, 0.4) is 0 Å². The molecule has 0 aromatic rings. The Bertz CT molecular complexity index is 239. The third kappa shape index (κ3) is 3.60. The minimum Gasteiger partial charge on any atom is -0.325 e. The molecule has 1 N–H and O–H groups in total. The molecule has 1 aliphatic rings. The van der Waals surface area contributed by atoms with Crippen molar-refractivity contribution >= 4 is 6.03 Å². The average molecular weight is 241 g/mol. The number of nitrogens with zero attached hydrogens (tertiary/aromatic N) is 2. The molecular formula is C13H27N3O. The van der Waals surface area contributed by atoms with Gasteiger partial charge >= 0.3 is 6.03 Å². The monoisotopic (exact) mass is 241 g/mol. The Labute approximate surface area is 105 Å². The number of hydrogen-bond acceptors (Lipinski definition) is 2. The van der Waals surface area contributed by atoms with Crippen LogP contribution in [0.5, 0.6) is 0 Å². The molecule has 0 aliphatic carbocycles. The summed E-state index contributed by atoms with van der Waals surface area (Å²) in [5.74, 6) is 0.500. The maximum absolute atomic E-state index is 12.5. The van der Waals surface area contributed by atoms with Crippen molar-refractivity contribution in [2.75, 3.05) is 32.7 Å². The normalized spacial score (nSPS) is 21.5. The van der Waals surface area contributed by atoms with Gasteiger partial charge in [-0.05, 0) is 32.7 Å². The molecule has 1 unspecified atom stereocenters. The SMILES string of the molecule is CCN(CC)C(=O)N1CCCNCC1C(C)C. The minimum atomic E-state index is 0.206. The van der Waals surface area contributed by atoms with Crippen molar-refractivity contribution in [1.82, 2.24) is 15.1 Å². The molecule has 4 nitrogen and oxygen atoms in total. The zero-order valence-corrected chi connectivity index (χ0v) is 11.7. The third-order valence-corrected chi connectivity index (χ3v) is 3.56. The van der Waals surface area contributed by atoms with Crippen LogP contribution in [-0.4, -0.2) is 54.6 Å². The van der Waals surface area contributed by atoms with Gasteiger partial charge < -0.3 is 15.1 Å². The van der Waals surface area contributed by atoms with E-state index < -0.39 is 0 Å². The van der Waals surface area contributed by atoms with Crippen molar-refractivity contribution in [2.45, 2.75) is 40.2 Å². The van der Waals surface area contributed by atoms with E-state index in [4.69, 9.17) is 0 Å². The largest absolute Gasteiger partial charge is 0.325 e. The smallest absolute Gasteiger partial charge is 0.320 e. The van der Waals surface area contributed by atoms with Gasteiger partial charge in [-0.1, -0.05) is 13.8 Å². The summed E-state index contributed by atoms with van der Waals surface area (Å²) in [4.78, 5) is 16.4. The maximum atomic E-state index is 12.5. The Morgan fingerprint density at radius 3 is 2.59 bits per heavy atom. The molecule has 1 heterocycles. The van der Waals surface area contributed by atoms with Crippen LogP contribution < -0.4 is 5.32 Å². The molecule has 1 saturated heterocycles. The fraction of sp³-hybridized carbons (Fsp3) is 0.923. The van der Waals surface area contributed by atoms with Gasteiger partial charge in [0.15, 0.2) is 0 Å². The summed E-state index contributed by atoms with van der Waals surface area (Å²) < 4.78 is 0. The molecule has 0 radical (unpaired) electrons. The summed E-state index contributed by atoms with van der Waals surface area (Å²) in [6, 6.07) is 0.531. The second-order valence-electron chi connectivity index (χ2n) is 5.02. The van der Waals surface area contributed by atoms with Gasteiger partial charge in [-0.3, -0.25) is 0 Å². The number of amides is 2. The second kappa shape index (κ2) is 6.84. The van der Waals surface area contributed by atoms with Crippen molar-refractivity contribution in [2.24, 2.45) is 5.92 Å². The minimum absolute atomic E-state index is 0.206. The van der Waals surface area contributed by atoms with Gasteiger partial charge in [0.25, 0.3) is 0 Å². The Kier molecular flexibility index (Phi) is 5.75. The molecule has 0 aromatic carbocycles. The van der Waals surface area contributed by atoms with Crippen LogP contribution in [0.25, 0.3) is 0 Å². The number of urea groups is 1. The van der Waals surface area contributed by atoms with Crippen LogP contribution in [0.1, 0.15) is 34.1 Å². The number of hydrogen-bond donors (Lipinski definition) is 1. The van der Waals surface area contributed by atoms with Gasteiger partial charge in [0.05, 0.1) is 0 Å². The molecule has 0 spiro atoms. The molecule has 1 fully saturated rings. The Morgan fingerprint density at radius 2 is 2.06 bits per heavy atom. The van der Waals surface area contributed by atoms with E-state index in [0.29, 0.717) is 12.0 Å². The van der Waals surface area contributed by atoms with Crippen LogP contribution in [0.4, 0.5) is 4.79 Å². The molecule has 4 heteroatoms. The number of carbonyl (C=O) groups is 1. The van der Waals surface area contributed by atoms with Crippen LogP contribution in [0.2, 0.25) is 0 Å². The van der Waals surface area contributed by atoms with Crippen molar-refractivity contribution < 1.29 is 4.79 Å². The van der Waals surface area contributed by atoms with E-state index in [1.165, 1.54) is 0 Å². The molecular weight excluding hydrogens is 214 g/mol. The van der Waals surface area contributed by atoms with Crippen molar-refractivity contribution in [3.05, 3.63) is 0 Å². The fourth-order valence-electron chi connectivity index (χ4n) is 2.41. The summed E-state index contributed by atoms with van der Waals surface area (Å²) in [5, 5.41) is 3.43. The highest BCUT2D eigenvalue weighted by Gasteiger charge is 2.29. The van der Waals surface area contributed by atoms with Crippen LogP contribution >= 0.6 is 0 Å². The van der Waals surface area contributed by atoms with Gasteiger partial charge in [0, 0.05) is 32.2 Å². The first-order valence-electron chi connectivity index (χ1n) is 6.88. The van der Waals surface area contributed by atoms with Gasteiger partial charge in [0.2, 0.25) is 0 Å². The van der Waals surface area contributed by atoms with E-state index in [2.05, 4.69) is 24.1 Å². The summed E-state index contributed by atoms with van der Waals surface area (Å²) >= 11 is 0. The van der Waals surface area contributed by atoms with E-state index >= 15 is 0 Å². The highest BCUT2D eigenvalue weighted by atomic mass is 16.2. The number of nitrogens with one attached hydrogen (secondary N) is 1. The summed E-state index contributed by atoms with van der Waals surface area (Å²) in [5.41, 5.74) is 0. The standard InChI is InChI=1S/C13H27N3O/c1-5-15(6-2)13(17)16-9-7-8-14-10-12(16)11(3)4/h11-12,14H,5-10H2,1-4H3. The summed E-state index contributed by atoms with van der Waals surface area (Å²) in [7, 11) is 0. The first-order valence-corrected chi connectivity index (χ1v) is 6.88. The quantitative estimate of drug-likeness (QED) is 0.817. The lowest BCUT2D eigenvalue weighted by molar-refractivity contribution is 0.126. The van der Waals surface area contributed by atoms with Gasteiger partial charge in [-0.2, -0.15) is 0 Å². The molecule has 2 amide bonds. The van der Waals surface area contributed by atoms with Gasteiger partial charge in [0.1, 0.15) is 0 Å². The lowest BCUT2D eigenvalue weighted by Gasteiger charge is -2.36. The second-order valence-corrected chi connectivity index (χ2v) is 5.02. The molecule has 0 saturated carbocycles. The summed E-state index contributed by atoms with van der Waals surface area (Å²) in [6.07, 6.45) is 1.05. The molecule has 1 atom stereocenters. The van der Waals surface area contributed by atoms with E-state index in [-0.39, 0.29) is 6.03 Å². The molecule has 1 rings (SSSR count). The van der Waals surface area contributed by atoms with Crippen molar-refractivity contribution in [3.8, 4) is 0 Å². The molecule has 1 aliphatic heterocycles. The van der Waals surface area contributed by atoms with E-state index in [0.717, 1.165) is 39.1 Å². The van der Waals surface area contributed by atoms with Crippen LogP contribution in [0, 0.1) is 5.92 Å². The average Bonchev–Trinajstić information content (AvgIpc) is 2.55. The zero-order chi connectivity index (χ0) is 12.8. The molecule has 100 valence electrons. The number of rotatable bonds is 3. The fourth-order valence-corrected chi connectivity index (χ4v) is 2.41. The molecule has 0 bridgehead atoms. The predicted molar refractivity (Wildman–Crippen MR) is 71.1 cm³/mol. The zero-order valence-electron chi connectivity index (χ0n) is 11.7. The molecule has 0 aromatic heterocycles. The number of carbonyl (C=O) groups excluding carboxylic acids is 1. The Morgan fingerprint density at radius 1 is 1.41 bits per heavy atom. The topological polar surface area (TPSA) is 35.6 Å².